The molecule has 1 atom stereocenters. The van der Waals surface area contributed by atoms with Crippen molar-refractivity contribution in [3.8, 4) is 11.4 Å². The van der Waals surface area contributed by atoms with Gasteiger partial charge >= 0.3 is 12.1 Å². The lowest BCUT2D eigenvalue weighted by molar-refractivity contribution is -0.159. The van der Waals surface area contributed by atoms with Crippen LogP contribution in [-0.4, -0.2) is 33.1 Å². The molecule has 0 radical (unpaired) electrons. The highest BCUT2D eigenvalue weighted by Crippen LogP contribution is 2.29. The van der Waals surface area contributed by atoms with E-state index in [4.69, 9.17) is 4.74 Å². The molecule has 0 aliphatic carbocycles. The van der Waals surface area contributed by atoms with E-state index in [2.05, 4.69) is 29.9 Å². The summed E-state index contributed by atoms with van der Waals surface area (Å²) in [4.78, 5) is 22.4. The molecule has 11 heteroatoms. The zero-order valence-electron chi connectivity index (χ0n) is 12.1. The number of hydrogen-bond acceptors (Lipinski definition) is 7. The quantitative estimate of drug-likeness (QED) is 0.832. The highest BCUT2D eigenvalue weighted by atomic mass is 19.4. The molecule has 0 aromatic carbocycles. The summed E-state index contributed by atoms with van der Waals surface area (Å²) in [5.41, 5.74) is 0.129. The average Bonchev–Trinajstić information content (AvgIpc) is 3.02. The molecule has 1 amide bonds. The zero-order chi connectivity index (χ0) is 17.0. The minimum atomic E-state index is -4.72. The summed E-state index contributed by atoms with van der Waals surface area (Å²) in [6.07, 6.45) is -2.93. The van der Waals surface area contributed by atoms with Gasteiger partial charge in [0, 0.05) is 25.9 Å². The zero-order valence-corrected chi connectivity index (χ0v) is 12.1. The van der Waals surface area contributed by atoms with E-state index in [0.29, 0.717) is 0 Å². The Balaban J connectivity index is 2.18. The first-order valence-corrected chi connectivity index (χ1v) is 6.40. The summed E-state index contributed by atoms with van der Waals surface area (Å²) >= 11 is 0. The second-order valence-electron chi connectivity index (χ2n) is 4.29. The normalized spacial score (nSPS) is 12.9. The van der Waals surface area contributed by atoms with E-state index in [1.54, 1.807) is 6.92 Å². The minimum Gasteiger partial charge on any atom is -0.354 e. The number of ether oxygens (including phenoxy) is 1. The predicted molar refractivity (Wildman–Crippen MR) is 68.5 cm³/mol. The molecular formula is C12H12F3N5O3. The van der Waals surface area contributed by atoms with Crippen molar-refractivity contribution in [1.29, 1.82) is 0 Å². The van der Waals surface area contributed by atoms with Gasteiger partial charge in [0.25, 0.3) is 0 Å². The van der Waals surface area contributed by atoms with E-state index in [9.17, 15) is 18.0 Å². The number of hydrogen-bond donors (Lipinski definition) is 1. The predicted octanol–water partition coefficient (Wildman–Crippen LogP) is 1.72. The Morgan fingerprint density at radius 3 is 2.52 bits per heavy atom. The fourth-order valence-electron chi connectivity index (χ4n) is 1.52. The van der Waals surface area contributed by atoms with Crippen LogP contribution in [0.1, 0.15) is 31.3 Å². The number of carbonyl (C=O) groups is 1. The van der Waals surface area contributed by atoms with E-state index in [0.717, 1.165) is 0 Å². The molecule has 0 spiro atoms. The van der Waals surface area contributed by atoms with Crippen LogP contribution in [0, 0.1) is 0 Å². The van der Waals surface area contributed by atoms with Crippen LogP contribution in [0.4, 0.5) is 13.2 Å². The largest absolute Gasteiger partial charge is 0.471 e. The van der Waals surface area contributed by atoms with Crippen molar-refractivity contribution in [2.24, 2.45) is 0 Å². The molecule has 0 bridgehead atoms. The van der Waals surface area contributed by atoms with Gasteiger partial charge in [0.2, 0.25) is 11.7 Å². The van der Waals surface area contributed by atoms with E-state index in [1.807, 2.05) is 0 Å². The van der Waals surface area contributed by atoms with Gasteiger partial charge in [-0.15, -0.1) is 0 Å². The van der Waals surface area contributed by atoms with Crippen LogP contribution in [0.3, 0.4) is 0 Å². The molecular weight excluding hydrogens is 319 g/mol. The van der Waals surface area contributed by atoms with E-state index >= 15 is 0 Å². The van der Waals surface area contributed by atoms with Crippen molar-refractivity contribution in [2.75, 3.05) is 7.11 Å². The first kappa shape index (κ1) is 16.8. The fourth-order valence-corrected chi connectivity index (χ4v) is 1.52. The van der Waals surface area contributed by atoms with Crippen molar-refractivity contribution in [3.05, 3.63) is 24.1 Å². The maximum atomic E-state index is 12.4. The van der Waals surface area contributed by atoms with E-state index in [1.165, 1.54) is 19.5 Å². The number of carbonyl (C=O) groups excluding carboxylic acids is 1. The van der Waals surface area contributed by atoms with E-state index in [-0.39, 0.29) is 29.5 Å². The molecule has 0 aliphatic rings. The van der Waals surface area contributed by atoms with Crippen molar-refractivity contribution >= 4 is 5.91 Å². The Labute approximate surface area is 128 Å². The van der Waals surface area contributed by atoms with Crippen molar-refractivity contribution in [2.45, 2.75) is 25.7 Å². The summed E-state index contributed by atoms with van der Waals surface area (Å²) in [5.74, 6) is -1.88. The van der Waals surface area contributed by atoms with Crippen LogP contribution in [0.5, 0.6) is 0 Å². The Kier molecular flexibility index (Phi) is 4.89. The number of nitrogens with one attached hydrogen (secondary N) is 1. The monoisotopic (exact) mass is 331 g/mol. The number of nitrogens with zero attached hydrogens (tertiary/aromatic N) is 4. The lowest BCUT2D eigenvalue weighted by Crippen LogP contribution is -2.30. The number of aromatic nitrogens is 4. The van der Waals surface area contributed by atoms with Crippen LogP contribution in [-0.2, 0) is 15.7 Å². The summed E-state index contributed by atoms with van der Waals surface area (Å²) in [6, 6.07) is 0. The van der Waals surface area contributed by atoms with Crippen molar-refractivity contribution in [3.63, 3.8) is 0 Å². The van der Waals surface area contributed by atoms with Gasteiger partial charge in [0.1, 0.15) is 0 Å². The molecule has 0 saturated heterocycles. The van der Waals surface area contributed by atoms with Crippen LogP contribution in [0.25, 0.3) is 11.4 Å². The van der Waals surface area contributed by atoms with Gasteiger partial charge in [0.15, 0.2) is 12.1 Å². The summed E-state index contributed by atoms with van der Waals surface area (Å²) < 4.78 is 46.4. The maximum Gasteiger partial charge on any atom is 0.471 e. The summed E-state index contributed by atoms with van der Waals surface area (Å²) in [5, 5.41) is 5.75. The van der Waals surface area contributed by atoms with Gasteiger partial charge < -0.3 is 14.6 Å². The van der Waals surface area contributed by atoms with Crippen LogP contribution >= 0.6 is 0 Å². The Hall–Kier alpha value is -2.56. The van der Waals surface area contributed by atoms with Crippen molar-refractivity contribution < 1.29 is 27.2 Å². The molecule has 2 aromatic rings. The molecule has 0 fully saturated rings. The number of amides is 1. The summed E-state index contributed by atoms with van der Waals surface area (Å²) in [7, 11) is 1.35. The SMILES string of the molecule is CCC(=O)NC(OC)c1ncc(-c2noc(C(F)(F)F)n2)cn1. The first-order chi connectivity index (χ1) is 10.8. The third-order valence-corrected chi connectivity index (χ3v) is 2.68. The van der Waals surface area contributed by atoms with Gasteiger partial charge in [-0.2, -0.15) is 18.2 Å². The van der Waals surface area contributed by atoms with Crippen LogP contribution in [0.2, 0.25) is 0 Å². The van der Waals surface area contributed by atoms with Gasteiger partial charge in [-0.1, -0.05) is 12.1 Å². The van der Waals surface area contributed by atoms with Crippen LogP contribution < -0.4 is 5.32 Å². The number of methoxy groups -OCH3 is 1. The standard InChI is InChI=1S/C12H12F3N5O3/c1-3-7(21)18-10(22-2)9-16-4-6(5-17-9)8-19-11(23-20-8)12(13,14)15/h4-5,10H,3H2,1-2H3,(H,18,21). The first-order valence-electron chi connectivity index (χ1n) is 6.40. The molecule has 0 saturated carbocycles. The number of halogens is 3. The third kappa shape index (κ3) is 4.00. The second-order valence-corrected chi connectivity index (χ2v) is 4.29. The molecule has 2 heterocycles. The minimum absolute atomic E-state index is 0.129. The molecule has 124 valence electrons. The highest BCUT2D eigenvalue weighted by molar-refractivity contribution is 5.75. The smallest absolute Gasteiger partial charge is 0.354 e. The average molecular weight is 331 g/mol. The summed E-state index contributed by atoms with van der Waals surface area (Å²) in [6.45, 7) is 1.67. The Morgan fingerprint density at radius 1 is 1.39 bits per heavy atom. The molecule has 0 aliphatic heterocycles. The fraction of sp³-hybridized carbons (Fsp3) is 0.417. The topological polar surface area (TPSA) is 103 Å². The number of rotatable bonds is 5. The number of alkyl halides is 3. The molecule has 8 nitrogen and oxygen atoms in total. The lowest BCUT2D eigenvalue weighted by atomic mass is 10.3. The Bertz CT molecular complexity index is 671. The molecule has 2 aromatic heterocycles. The van der Waals surface area contributed by atoms with Crippen LogP contribution in [0.15, 0.2) is 16.9 Å². The molecule has 2 rings (SSSR count). The van der Waals surface area contributed by atoms with Gasteiger partial charge in [-0.05, 0) is 0 Å². The molecule has 23 heavy (non-hydrogen) atoms. The Morgan fingerprint density at radius 2 is 2.04 bits per heavy atom. The van der Waals surface area contributed by atoms with Gasteiger partial charge in [-0.3, -0.25) is 4.79 Å². The van der Waals surface area contributed by atoms with E-state index < -0.39 is 18.3 Å². The highest BCUT2D eigenvalue weighted by Gasteiger charge is 2.38. The van der Waals surface area contributed by atoms with Crippen molar-refractivity contribution in [1.82, 2.24) is 25.4 Å². The van der Waals surface area contributed by atoms with Gasteiger partial charge in [0.05, 0.1) is 5.56 Å². The molecule has 1 N–H and O–H groups in total. The maximum absolute atomic E-state index is 12.4. The third-order valence-electron chi connectivity index (χ3n) is 2.68. The lowest BCUT2D eigenvalue weighted by Gasteiger charge is -2.14. The second kappa shape index (κ2) is 6.69. The van der Waals surface area contributed by atoms with Gasteiger partial charge in [-0.25, -0.2) is 9.97 Å². The molecule has 1 unspecified atom stereocenters.